The Labute approximate surface area is 223 Å². The third kappa shape index (κ3) is 5.75. The Kier molecular flexibility index (Phi) is 9.58. The number of ether oxygens (including phenoxy) is 2. The van der Waals surface area contributed by atoms with Crippen LogP contribution in [0.2, 0.25) is 22.2 Å². The molecule has 2 fully saturated rings. The number of carbonyl (C=O) groups excluding carboxylic acids is 1. The van der Waals surface area contributed by atoms with E-state index in [1.165, 1.54) is 16.8 Å². The molecule has 3 rings (SSSR count). The van der Waals surface area contributed by atoms with Crippen molar-refractivity contribution < 1.29 is 27.2 Å². The van der Waals surface area contributed by atoms with E-state index < -0.39 is 65.4 Å². The van der Waals surface area contributed by atoms with E-state index in [2.05, 4.69) is 70.4 Å². The fourth-order valence-electron chi connectivity index (χ4n) is 5.40. The Morgan fingerprint density at radius 3 is 2.26 bits per heavy atom. The lowest BCUT2D eigenvalue weighted by atomic mass is 10.1. The molecule has 3 heterocycles. The van der Waals surface area contributed by atoms with E-state index in [4.69, 9.17) is 28.0 Å². The van der Waals surface area contributed by atoms with Gasteiger partial charge in [0.1, 0.15) is 24.9 Å². The maximum Gasteiger partial charge on any atom is 0.335 e. The molecule has 13 nitrogen and oxygen atoms in total. The lowest BCUT2D eigenvalue weighted by Crippen LogP contribution is -2.66. The van der Waals surface area contributed by atoms with Gasteiger partial charge in [-0.25, -0.2) is 4.79 Å². The Bertz CT molecular complexity index is 1150. The quantitative estimate of drug-likeness (QED) is 0.214. The van der Waals surface area contributed by atoms with Crippen molar-refractivity contribution >= 4 is 23.0 Å². The molecule has 4 atom stereocenters. The van der Waals surface area contributed by atoms with Gasteiger partial charge in [0.05, 0.1) is 6.61 Å². The molecule has 1 N–H and O–H groups in total. The minimum atomic E-state index is -3.07. The van der Waals surface area contributed by atoms with Crippen LogP contribution in [0.25, 0.3) is 10.4 Å². The molecule has 1 unspecified atom stereocenters. The number of fused-ring (bicyclic) bond motifs is 1. The zero-order valence-electron chi connectivity index (χ0n) is 23.2. The van der Waals surface area contributed by atoms with Gasteiger partial charge in [-0.1, -0.05) is 55.4 Å². The van der Waals surface area contributed by atoms with Crippen molar-refractivity contribution in [3.05, 3.63) is 43.5 Å². The summed E-state index contributed by atoms with van der Waals surface area (Å²) in [6.45, 7) is 16.3. The van der Waals surface area contributed by atoms with Crippen molar-refractivity contribution in [3.63, 3.8) is 0 Å². The van der Waals surface area contributed by atoms with E-state index in [1.54, 1.807) is 0 Å². The molecule has 15 heteroatoms. The van der Waals surface area contributed by atoms with Crippen molar-refractivity contribution in [1.82, 2.24) is 9.55 Å². The smallest absolute Gasteiger partial charge is 0.335 e. The Hall–Kier alpha value is -2.11. The van der Waals surface area contributed by atoms with Gasteiger partial charge in [-0.15, -0.1) is 0 Å². The number of hydrogen-bond acceptors (Lipinski definition) is 8. The van der Waals surface area contributed by atoms with Crippen LogP contribution in [0.4, 0.5) is 0 Å². The van der Waals surface area contributed by atoms with Crippen LogP contribution in [0.5, 0.6) is 0 Å². The van der Waals surface area contributed by atoms with Gasteiger partial charge in [0, 0.05) is 17.2 Å². The van der Waals surface area contributed by atoms with E-state index in [0.717, 1.165) is 0 Å². The second-order valence-corrected chi connectivity index (χ2v) is 19.8. The highest BCUT2D eigenvalue weighted by molar-refractivity contribution is 6.84. The van der Waals surface area contributed by atoms with Crippen LogP contribution >= 0.6 is 0 Å². The summed E-state index contributed by atoms with van der Waals surface area (Å²) in [6.07, 6.45) is -2.12. The number of carbonyl (C=O) groups is 1. The van der Waals surface area contributed by atoms with Gasteiger partial charge in [-0.3, -0.25) is 19.1 Å². The molecule has 2 saturated heterocycles. The van der Waals surface area contributed by atoms with Crippen molar-refractivity contribution in [3.8, 4) is 0 Å². The van der Waals surface area contributed by atoms with Crippen LogP contribution in [-0.4, -0.2) is 64.1 Å². The van der Waals surface area contributed by atoms with Crippen molar-refractivity contribution in [2.24, 2.45) is 5.11 Å². The minimum Gasteiger partial charge on any atom is -0.414 e. The zero-order chi connectivity index (χ0) is 28.4. The molecule has 1 aromatic heterocycles. The number of hydrogen-bond donors (Lipinski definition) is 1. The molecule has 38 heavy (non-hydrogen) atoms. The molecule has 0 aromatic carbocycles. The fraction of sp³-hybridized carbons (Fsp3) is 0.783. The van der Waals surface area contributed by atoms with E-state index in [1.807, 2.05) is 0 Å². The SMILES string of the molecule is CC(C)[Si]1(C(C)C)OC[C@H]2O[C@@H](n3ccc(=O)[nH]c3=O)[C@@H](OCC(=O)N=[N+]=[N-])C2O[Si](C(C)C)(C(C)C)O1. The van der Waals surface area contributed by atoms with Crippen LogP contribution in [0, 0.1) is 0 Å². The van der Waals surface area contributed by atoms with Gasteiger partial charge in [-0.05, 0) is 32.8 Å². The lowest BCUT2D eigenvalue weighted by molar-refractivity contribution is -0.129. The maximum atomic E-state index is 12.7. The molecule has 0 bridgehead atoms. The van der Waals surface area contributed by atoms with E-state index in [-0.39, 0.29) is 28.8 Å². The highest BCUT2D eigenvalue weighted by Gasteiger charge is 2.62. The number of nitrogens with zero attached hydrogens (tertiary/aromatic N) is 4. The molecule has 0 aliphatic carbocycles. The second-order valence-electron chi connectivity index (χ2n) is 11.0. The molecule has 2 aliphatic heterocycles. The number of azide groups is 1. The van der Waals surface area contributed by atoms with E-state index >= 15 is 0 Å². The second kappa shape index (κ2) is 12.0. The molecule has 0 radical (unpaired) electrons. The van der Waals surface area contributed by atoms with Gasteiger partial charge in [0.25, 0.3) is 5.56 Å². The van der Waals surface area contributed by atoms with Crippen LogP contribution < -0.4 is 11.2 Å². The molecule has 0 saturated carbocycles. The number of rotatable bonds is 8. The molecule has 1 amide bonds. The number of aromatic nitrogens is 2. The summed E-state index contributed by atoms with van der Waals surface area (Å²) in [4.78, 5) is 41.2. The predicted molar refractivity (Wildman–Crippen MR) is 143 cm³/mol. The maximum absolute atomic E-state index is 12.7. The summed E-state index contributed by atoms with van der Waals surface area (Å²) in [5.41, 5.74) is 7.67. The van der Waals surface area contributed by atoms with Crippen molar-refractivity contribution in [2.75, 3.05) is 13.2 Å². The Morgan fingerprint density at radius 1 is 1.13 bits per heavy atom. The summed E-state index contributed by atoms with van der Waals surface area (Å²) in [7, 11) is -5.91. The standard InChI is InChI=1S/C23H39N5O8Si2/c1-13(2)37(14(3)4)33-11-17-20(35-38(36-37,15(5)6)16(7)8)21(32-12-19(30)26-27-24)22(34-17)28-10-9-18(29)25-23(28)31/h9-10,13-17,20-22H,11-12H2,1-8H3,(H,25,29,31)/t17-,20?,21+,22-/m1/s1. The molecule has 212 valence electrons. The van der Waals surface area contributed by atoms with Gasteiger partial charge < -0.3 is 22.4 Å². The normalized spacial score (nSPS) is 26.7. The number of H-pyrrole nitrogens is 1. The lowest BCUT2D eigenvalue weighted by Gasteiger charge is -2.51. The number of amides is 1. The first-order valence-electron chi connectivity index (χ1n) is 13.0. The average molecular weight is 570 g/mol. The fourth-order valence-corrected chi connectivity index (χ4v) is 16.6. The third-order valence-electron chi connectivity index (χ3n) is 7.30. The van der Waals surface area contributed by atoms with E-state index in [9.17, 15) is 14.4 Å². The average Bonchev–Trinajstić information content (AvgIpc) is 3.13. The molecule has 2 aliphatic rings. The van der Waals surface area contributed by atoms with E-state index in [0.29, 0.717) is 0 Å². The molecule has 1 aromatic rings. The van der Waals surface area contributed by atoms with Crippen LogP contribution in [-0.2, 0) is 27.2 Å². The zero-order valence-corrected chi connectivity index (χ0v) is 25.2. The summed E-state index contributed by atoms with van der Waals surface area (Å²) < 4.78 is 34.4. The topological polar surface area (TPSA) is 167 Å². The summed E-state index contributed by atoms with van der Waals surface area (Å²) in [6, 6.07) is 1.20. The first kappa shape index (κ1) is 30.4. The largest absolute Gasteiger partial charge is 0.414 e. The van der Waals surface area contributed by atoms with Crippen molar-refractivity contribution in [1.29, 1.82) is 0 Å². The van der Waals surface area contributed by atoms with Gasteiger partial charge in [0.15, 0.2) is 6.23 Å². The van der Waals surface area contributed by atoms with Crippen LogP contribution in [0.1, 0.15) is 61.6 Å². The van der Waals surface area contributed by atoms with Gasteiger partial charge >= 0.3 is 22.8 Å². The Balaban J connectivity index is 2.15. The third-order valence-corrected chi connectivity index (χ3v) is 17.5. The van der Waals surface area contributed by atoms with Crippen LogP contribution in [0.3, 0.4) is 0 Å². The highest BCUT2D eigenvalue weighted by atomic mass is 28.5. The summed E-state index contributed by atoms with van der Waals surface area (Å²) in [5, 5.41) is 3.08. The first-order chi connectivity index (χ1) is 17.8. The summed E-state index contributed by atoms with van der Waals surface area (Å²) in [5.74, 6) is -0.830. The Morgan fingerprint density at radius 2 is 1.74 bits per heavy atom. The van der Waals surface area contributed by atoms with Gasteiger partial charge in [-0.2, -0.15) is 0 Å². The summed E-state index contributed by atoms with van der Waals surface area (Å²) >= 11 is 0. The monoisotopic (exact) mass is 569 g/mol. The number of aromatic amines is 1. The number of nitrogens with one attached hydrogen (secondary N) is 1. The molecular weight excluding hydrogens is 530 g/mol. The first-order valence-corrected chi connectivity index (χ1v) is 16.9. The minimum absolute atomic E-state index is 0.0227. The van der Waals surface area contributed by atoms with Crippen molar-refractivity contribution in [2.45, 2.75) is 102 Å². The van der Waals surface area contributed by atoms with Crippen LogP contribution in [0.15, 0.2) is 27.0 Å². The predicted octanol–water partition coefficient (Wildman–Crippen LogP) is 3.61. The molecular formula is C23H39N5O8Si2. The highest BCUT2D eigenvalue weighted by Crippen LogP contribution is 2.48. The van der Waals surface area contributed by atoms with Gasteiger partial charge in [0.2, 0.25) is 5.91 Å². The molecule has 0 spiro atoms.